The van der Waals surface area contributed by atoms with E-state index >= 15 is 0 Å². The molecule has 0 bridgehead atoms. The Labute approximate surface area is 132 Å². The fourth-order valence-corrected chi connectivity index (χ4v) is 1.85. The number of aromatic nitrogens is 2. The maximum Gasteiger partial charge on any atom is 0.190 e. The second-order valence-electron chi connectivity index (χ2n) is 5.11. The maximum atomic E-state index is 4.23. The summed E-state index contributed by atoms with van der Waals surface area (Å²) >= 11 is 0. The van der Waals surface area contributed by atoms with Gasteiger partial charge < -0.3 is 10.6 Å². The first-order chi connectivity index (χ1) is 8.78. The molecule has 1 unspecified atom stereocenters. The first-order valence-electron chi connectivity index (χ1n) is 6.70. The highest BCUT2D eigenvalue weighted by Gasteiger charge is 2.21. The summed E-state index contributed by atoms with van der Waals surface area (Å²) in [6.07, 6.45) is 6.53. The summed E-state index contributed by atoms with van der Waals surface area (Å²) in [5.74, 6) is 2.30. The van der Waals surface area contributed by atoms with E-state index in [1.807, 2.05) is 30.2 Å². The molecule has 0 radical (unpaired) electrons. The average Bonchev–Trinajstić information content (AvgIpc) is 3.06. The molecular weight excluding hydrogens is 353 g/mol. The molecule has 19 heavy (non-hydrogen) atoms. The van der Waals surface area contributed by atoms with Crippen molar-refractivity contribution in [3.8, 4) is 0 Å². The van der Waals surface area contributed by atoms with Crippen LogP contribution in [0.2, 0.25) is 0 Å². The van der Waals surface area contributed by atoms with Crippen LogP contribution in [0.25, 0.3) is 0 Å². The highest BCUT2D eigenvalue weighted by Crippen LogP contribution is 2.27. The van der Waals surface area contributed by atoms with Crippen molar-refractivity contribution in [1.29, 1.82) is 0 Å². The Hall–Kier alpha value is -0.790. The molecule has 0 aliphatic heterocycles. The lowest BCUT2D eigenvalue weighted by molar-refractivity contribution is 0.443. The predicted molar refractivity (Wildman–Crippen MR) is 88.9 cm³/mol. The van der Waals surface area contributed by atoms with E-state index in [1.54, 1.807) is 0 Å². The zero-order valence-electron chi connectivity index (χ0n) is 11.7. The summed E-state index contributed by atoms with van der Waals surface area (Å²) in [7, 11) is 1.82. The normalized spacial score (nSPS) is 16.6. The van der Waals surface area contributed by atoms with E-state index in [9.17, 15) is 0 Å². The predicted octanol–water partition coefficient (Wildman–Crippen LogP) is 1.71. The number of nitrogens with zero attached hydrogens (tertiary/aromatic N) is 3. The molecule has 1 aromatic heterocycles. The summed E-state index contributed by atoms with van der Waals surface area (Å²) in [4.78, 5) is 4.23. The molecule has 5 nitrogen and oxygen atoms in total. The van der Waals surface area contributed by atoms with E-state index in [-0.39, 0.29) is 24.0 Å². The van der Waals surface area contributed by atoms with Crippen LogP contribution in [-0.2, 0) is 6.54 Å². The van der Waals surface area contributed by atoms with Crippen LogP contribution in [0, 0.1) is 11.8 Å². The molecule has 1 atom stereocenters. The summed E-state index contributed by atoms with van der Waals surface area (Å²) < 4.78 is 1.97. The van der Waals surface area contributed by atoms with Crippen LogP contribution in [0.5, 0.6) is 0 Å². The number of rotatable bonds is 6. The largest absolute Gasteiger partial charge is 0.356 e. The van der Waals surface area contributed by atoms with E-state index in [0.717, 1.165) is 31.5 Å². The molecule has 1 aliphatic rings. The van der Waals surface area contributed by atoms with Crippen molar-refractivity contribution in [3.63, 3.8) is 0 Å². The van der Waals surface area contributed by atoms with Crippen molar-refractivity contribution in [1.82, 2.24) is 20.4 Å². The topological polar surface area (TPSA) is 54.2 Å². The molecule has 0 spiro atoms. The van der Waals surface area contributed by atoms with E-state index in [2.05, 4.69) is 27.6 Å². The van der Waals surface area contributed by atoms with Crippen LogP contribution >= 0.6 is 24.0 Å². The van der Waals surface area contributed by atoms with Crippen molar-refractivity contribution in [2.75, 3.05) is 20.1 Å². The number of hydrogen-bond acceptors (Lipinski definition) is 2. The van der Waals surface area contributed by atoms with Crippen molar-refractivity contribution in [2.24, 2.45) is 16.8 Å². The Bertz CT molecular complexity index is 372. The summed E-state index contributed by atoms with van der Waals surface area (Å²) in [5.41, 5.74) is 0. The maximum absolute atomic E-state index is 4.23. The van der Waals surface area contributed by atoms with Gasteiger partial charge in [0.15, 0.2) is 5.96 Å². The van der Waals surface area contributed by atoms with E-state index in [0.29, 0.717) is 5.92 Å². The molecule has 1 fully saturated rings. The minimum Gasteiger partial charge on any atom is -0.356 e. The number of aliphatic imine (C=N–C) groups is 1. The number of guanidine groups is 1. The number of hydrogen-bond donors (Lipinski definition) is 2. The summed E-state index contributed by atoms with van der Waals surface area (Å²) in [5, 5.41) is 10.9. The Morgan fingerprint density at radius 1 is 1.47 bits per heavy atom. The van der Waals surface area contributed by atoms with Crippen molar-refractivity contribution < 1.29 is 0 Å². The van der Waals surface area contributed by atoms with Crippen LogP contribution in [-0.4, -0.2) is 35.9 Å². The lowest BCUT2D eigenvalue weighted by Crippen LogP contribution is -2.40. The van der Waals surface area contributed by atoms with Crippen LogP contribution in [0.15, 0.2) is 23.5 Å². The third kappa shape index (κ3) is 6.26. The minimum absolute atomic E-state index is 0. The molecule has 1 aliphatic carbocycles. The summed E-state index contributed by atoms with van der Waals surface area (Å²) in [6, 6.07) is 1.95. The first-order valence-corrected chi connectivity index (χ1v) is 6.70. The van der Waals surface area contributed by atoms with Crippen molar-refractivity contribution in [2.45, 2.75) is 26.3 Å². The summed E-state index contributed by atoms with van der Waals surface area (Å²) in [6.45, 7) is 5.10. The standard InChI is InChI=1S/C13H23N5.HI/c1-11(10-18-7-3-6-17-18)8-15-13(14-2)16-9-12-4-5-12;/h3,6-7,11-12H,4-5,8-10H2,1-2H3,(H2,14,15,16);1H. The Balaban J connectivity index is 0.00000180. The Morgan fingerprint density at radius 3 is 2.84 bits per heavy atom. The van der Waals surface area contributed by atoms with Gasteiger partial charge in [-0.3, -0.25) is 9.67 Å². The van der Waals surface area contributed by atoms with Gasteiger partial charge in [-0.2, -0.15) is 5.10 Å². The molecule has 2 N–H and O–H groups in total. The second-order valence-corrected chi connectivity index (χ2v) is 5.11. The smallest absolute Gasteiger partial charge is 0.190 e. The van der Waals surface area contributed by atoms with Crippen LogP contribution in [0.1, 0.15) is 19.8 Å². The van der Waals surface area contributed by atoms with Gasteiger partial charge in [-0.15, -0.1) is 24.0 Å². The molecule has 1 heterocycles. The number of nitrogens with one attached hydrogen (secondary N) is 2. The highest BCUT2D eigenvalue weighted by molar-refractivity contribution is 14.0. The molecule has 0 amide bonds. The zero-order chi connectivity index (χ0) is 12.8. The van der Waals surface area contributed by atoms with Gasteiger partial charge in [-0.05, 0) is 30.7 Å². The molecular formula is C13H24IN5. The van der Waals surface area contributed by atoms with Gasteiger partial charge in [0.2, 0.25) is 0 Å². The highest BCUT2D eigenvalue weighted by atomic mass is 127. The molecule has 6 heteroatoms. The van der Waals surface area contributed by atoms with E-state index < -0.39 is 0 Å². The quantitative estimate of drug-likeness (QED) is 0.451. The minimum atomic E-state index is 0. The van der Waals surface area contributed by atoms with Crippen LogP contribution in [0.4, 0.5) is 0 Å². The third-order valence-corrected chi connectivity index (χ3v) is 3.15. The zero-order valence-corrected chi connectivity index (χ0v) is 14.0. The van der Waals surface area contributed by atoms with Gasteiger partial charge in [0, 0.05) is 39.1 Å². The fraction of sp³-hybridized carbons (Fsp3) is 0.692. The van der Waals surface area contributed by atoms with Gasteiger partial charge in [0.1, 0.15) is 0 Å². The first kappa shape index (κ1) is 16.3. The molecule has 108 valence electrons. The van der Waals surface area contributed by atoms with Gasteiger partial charge in [-0.1, -0.05) is 6.92 Å². The van der Waals surface area contributed by atoms with Gasteiger partial charge in [0.25, 0.3) is 0 Å². The molecule has 0 aromatic carbocycles. The Kier molecular flexibility index (Phi) is 7.19. The lowest BCUT2D eigenvalue weighted by Gasteiger charge is -2.16. The molecule has 1 aromatic rings. The second kappa shape index (κ2) is 8.39. The fourth-order valence-electron chi connectivity index (χ4n) is 1.85. The van der Waals surface area contributed by atoms with Crippen molar-refractivity contribution >= 4 is 29.9 Å². The molecule has 2 rings (SSSR count). The monoisotopic (exact) mass is 377 g/mol. The van der Waals surface area contributed by atoms with E-state index in [1.165, 1.54) is 12.8 Å². The SMILES string of the molecule is CN=C(NCC(C)Cn1cccn1)NCC1CC1.I. The number of halogens is 1. The van der Waals surface area contributed by atoms with Crippen LogP contribution < -0.4 is 10.6 Å². The van der Waals surface area contributed by atoms with Gasteiger partial charge in [-0.25, -0.2) is 0 Å². The van der Waals surface area contributed by atoms with Crippen molar-refractivity contribution in [3.05, 3.63) is 18.5 Å². The van der Waals surface area contributed by atoms with E-state index in [4.69, 9.17) is 0 Å². The Morgan fingerprint density at radius 2 is 2.26 bits per heavy atom. The van der Waals surface area contributed by atoms with Gasteiger partial charge >= 0.3 is 0 Å². The van der Waals surface area contributed by atoms with Crippen LogP contribution in [0.3, 0.4) is 0 Å². The third-order valence-electron chi connectivity index (χ3n) is 3.15. The lowest BCUT2D eigenvalue weighted by atomic mass is 10.2. The van der Waals surface area contributed by atoms with Gasteiger partial charge in [0.05, 0.1) is 0 Å². The molecule has 1 saturated carbocycles. The average molecular weight is 377 g/mol. The molecule has 0 saturated heterocycles.